The number of nitrogens with zero attached hydrogens (tertiary/aromatic N) is 1. The van der Waals surface area contributed by atoms with Gasteiger partial charge >= 0.3 is 0 Å². The lowest BCUT2D eigenvalue weighted by Gasteiger charge is -2.31. The van der Waals surface area contributed by atoms with Crippen molar-refractivity contribution >= 4 is 39.1 Å². The normalized spacial score (nSPS) is 18.1. The van der Waals surface area contributed by atoms with Gasteiger partial charge in [0.15, 0.2) is 0 Å². The fourth-order valence-corrected chi connectivity index (χ4v) is 4.93. The summed E-state index contributed by atoms with van der Waals surface area (Å²) in [5.41, 5.74) is 0.530. The first-order chi connectivity index (χ1) is 11.7. The van der Waals surface area contributed by atoms with Crippen LogP contribution >= 0.6 is 23.2 Å². The Kier molecular flexibility index (Phi) is 7.14. The maximum atomic E-state index is 12.6. The van der Waals surface area contributed by atoms with Crippen LogP contribution in [-0.4, -0.2) is 37.8 Å². The number of carbonyl (C=O) groups is 1. The van der Waals surface area contributed by atoms with Crippen LogP contribution in [0.2, 0.25) is 10.0 Å². The SMILES string of the molecule is CC[C@@H](C)NC(=O)C1CCN(S(=O)(=O)Cc2ccc(Cl)cc2Cl)CC1. The lowest BCUT2D eigenvalue weighted by Crippen LogP contribution is -2.44. The second-order valence-corrected chi connectivity index (χ2v) is 9.30. The van der Waals surface area contributed by atoms with E-state index in [1.54, 1.807) is 18.2 Å². The fraction of sp³-hybridized carbons (Fsp3) is 0.588. The molecule has 0 spiro atoms. The van der Waals surface area contributed by atoms with Gasteiger partial charge < -0.3 is 5.32 Å². The van der Waals surface area contributed by atoms with E-state index >= 15 is 0 Å². The van der Waals surface area contributed by atoms with Crippen molar-refractivity contribution in [3.63, 3.8) is 0 Å². The molecule has 1 heterocycles. The number of halogens is 2. The largest absolute Gasteiger partial charge is 0.353 e. The van der Waals surface area contributed by atoms with Crippen molar-refractivity contribution in [2.24, 2.45) is 5.92 Å². The number of hydrogen-bond acceptors (Lipinski definition) is 3. The number of nitrogens with one attached hydrogen (secondary N) is 1. The minimum atomic E-state index is -3.47. The van der Waals surface area contributed by atoms with E-state index in [0.717, 1.165) is 6.42 Å². The van der Waals surface area contributed by atoms with Gasteiger partial charge in [0.25, 0.3) is 0 Å². The molecule has 140 valence electrons. The molecule has 1 aliphatic heterocycles. The number of benzene rings is 1. The summed E-state index contributed by atoms with van der Waals surface area (Å²) >= 11 is 11.9. The van der Waals surface area contributed by atoms with E-state index in [1.165, 1.54) is 4.31 Å². The highest BCUT2D eigenvalue weighted by Crippen LogP contribution is 2.26. The van der Waals surface area contributed by atoms with E-state index in [4.69, 9.17) is 23.2 Å². The van der Waals surface area contributed by atoms with Gasteiger partial charge in [-0.15, -0.1) is 0 Å². The molecule has 0 bridgehead atoms. The zero-order chi connectivity index (χ0) is 18.6. The third-order valence-electron chi connectivity index (χ3n) is 4.57. The molecule has 1 N–H and O–H groups in total. The Labute approximate surface area is 159 Å². The Balaban J connectivity index is 1.95. The third-order valence-corrected chi connectivity index (χ3v) is 6.99. The molecule has 1 aromatic carbocycles. The molecular weight excluding hydrogens is 383 g/mol. The first kappa shape index (κ1) is 20.5. The minimum absolute atomic E-state index is 0.0205. The van der Waals surface area contributed by atoms with Crippen LogP contribution in [0, 0.1) is 5.92 Å². The Morgan fingerprint density at radius 1 is 1.32 bits per heavy atom. The predicted molar refractivity (Wildman–Crippen MR) is 101 cm³/mol. The van der Waals surface area contributed by atoms with E-state index in [1.807, 2.05) is 13.8 Å². The van der Waals surface area contributed by atoms with Crippen LogP contribution in [0.1, 0.15) is 38.7 Å². The zero-order valence-corrected chi connectivity index (χ0v) is 16.8. The molecule has 0 aliphatic carbocycles. The molecule has 0 radical (unpaired) electrons. The number of carbonyl (C=O) groups excluding carboxylic acids is 1. The van der Waals surface area contributed by atoms with Crippen molar-refractivity contribution in [1.82, 2.24) is 9.62 Å². The molecule has 8 heteroatoms. The Hall–Kier alpha value is -0.820. The molecule has 1 saturated heterocycles. The second-order valence-electron chi connectivity index (χ2n) is 6.48. The zero-order valence-electron chi connectivity index (χ0n) is 14.5. The van der Waals surface area contributed by atoms with Crippen molar-refractivity contribution in [1.29, 1.82) is 0 Å². The van der Waals surface area contributed by atoms with E-state index in [-0.39, 0.29) is 23.6 Å². The molecular formula is C17H24Cl2N2O3S. The highest BCUT2D eigenvalue weighted by molar-refractivity contribution is 7.88. The van der Waals surface area contributed by atoms with Crippen molar-refractivity contribution in [2.45, 2.75) is 44.9 Å². The molecule has 2 rings (SSSR count). The summed E-state index contributed by atoms with van der Waals surface area (Å²) in [6.45, 7) is 4.69. The molecule has 1 aliphatic rings. The van der Waals surface area contributed by atoms with E-state index in [0.29, 0.717) is 41.5 Å². The molecule has 1 amide bonds. The van der Waals surface area contributed by atoms with Crippen LogP contribution in [-0.2, 0) is 20.6 Å². The molecule has 0 aromatic heterocycles. The van der Waals surface area contributed by atoms with Crippen molar-refractivity contribution in [2.75, 3.05) is 13.1 Å². The standard InChI is InChI=1S/C17H24Cl2N2O3S/c1-3-12(2)20-17(22)13-6-8-21(9-7-13)25(23,24)11-14-4-5-15(18)10-16(14)19/h4-5,10,12-13H,3,6-9,11H2,1-2H3,(H,20,22)/t12-/m1/s1. The summed E-state index contributed by atoms with van der Waals surface area (Å²) in [4.78, 5) is 12.2. The first-order valence-corrected chi connectivity index (χ1v) is 10.8. The maximum Gasteiger partial charge on any atom is 0.223 e. The van der Waals surface area contributed by atoms with Gasteiger partial charge in [-0.05, 0) is 43.9 Å². The van der Waals surface area contributed by atoms with Gasteiger partial charge in [0.1, 0.15) is 0 Å². The summed E-state index contributed by atoms with van der Waals surface area (Å²) in [5, 5.41) is 3.79. The van der Waals surface area contributed by atoms with Crippen LogP contribution in [0.4, 0.5) is 0 Å². The van der Waals surface area contributed by atoms with Gasteiger partial charge in [-0.1, -0.05) is 36.2 Å². The highest BCUT2D eigenvalue weighted by Gasteiger charge is 2.31. The summed E-state index contributed by atoms with van der Waals surface area (Å²) in [7, 11) is -3.47. The molecule has 25 heavy (non-hydrogen) atoms. The molecule has 1 fully saturated rings. The number of sulfonamides is 1. The Morgan fingerprint density at radius 2 is 1.96 bits per heavy atom. The van der Waals surface area contributed by atoms with Crippen molar-refractivity contribution in [3.05, 3.63) is 33.8 Å². The van der Waals surface area contributed by atoms with E-state index < -0.39 is 10.0 Å². The van der Waals surface area contributed by atoms with Gasteiger partial charge in [-0.25, -0.2) is 12.7 Å². The lowest BCUT2D eigenvalue weighted by molar-refractivity contribution is -0.126. The number of amides is 1. The van der Waals surface area contributed by atoms with Crippen LogP contribution in [0.25, 0.3) is 0 Å². The van der Waals surface area contributed by atoms with Gasteiger partial charge in [-0.3, -0.25) is 4.79 Å². The number of hydrogen-bond donors (Lipinski definition) is 1. The van der Waals surface area contributed by atoms with Gasteiger partial charge in [-0.2, -0.15) is 0 Å². The van der Waals surface area contributed by atoms with Crippen LogP contribution in [0.5, 0.6) is 0 Å². The summed E-state index contributed by atoms with van der Waals surface area (Å²) < 4.78 is 26.7. The molecule has 1 atom stereocenters. The first-order valence-electron chi connectivity index (χ1n) is 8.45. The average molecular weight is 407 g/mol. The summed E-state index contributed by atoms with van der Waals surface area (Å²) in [5.74, 6) is -0.265. The monoisotopic (exact) mass is 406 g/mol. The van der Waals surface area contributed by atoms with Crippen LogP contribution in [0.3, 0.4) is 0 Å². The lowest BCUT2D eigenvalue weighted by atomic mass is 9.97. The predicted octanol–water partition coefficient (Wildman–Crippen LogP) is 3.45. The highest BCUT2D eigenvalue weighted by atomic mass is 35.5. The number of rotatable bonds is 6. The van der Waals surface area contributed by atoms with E-state index in [2.05, 4.69) is 5.32 Å². The van der Waals surface area contributed by atoms with Gasteiger partial charge in [0.2, 0.25) is 15.9 Å². The van der Waals surface area contributed by atoms with Crippen molar-refractivity contribution < 1.29 is 13.2 Å². The Morgan fingerprint density at radius 3 is 2.52 bits per heavy atom. The third kappa shape index (κ3) is 5.58. The van der Waals surface area contributed by atoms with Gasteiger partial charge in [0.05, 0.1) is 5.75 Å². The summed E-state index contributed by atoms with van der Waals surface area (Å²) in [6.07, 6.45) is 1.95. The Bertz CT molecular complexity index is 717. The van der Waals surface area contributed by atoms with Crippen molar-refractivity contribution in [3.8, 4) is 0 Å². The van der Waals surface area contributed by atoms with Crippen LogP contribution in [0.15, 0.2) is 18.2 Å². The fourth-order valence-electron chi connectivity index (χ4n) is 2.79. The average Bonchev–Trinajstić information content (AvgIpc) is 2.57. The maximum absolute atomic E-state index is 12.6. The smallest absolute Gasteiger partial charge is 0.223 e. The summed E-state index contributed by atoms with van der Waals surface area (Å²) in [6, 6.07) is 4.94. The second kappa shape index (κ2) is 8.71. The van der Waals surface area contributed by atoms with E-state index in [9.17, 15) is 13.2 Å². The van der Waals surface area contributed by atoms with Crippen LogP contribution < -0.4 is 5.32 Å². The topological polar surface area (TPSA) is 66.5 Å². The quantitative estimate of drug-likeness (QED) is 0.786. The van der Waals surface area contributed by atoms with Gasteiger partial charge in [0, 0.05) is 35.1 Å². The molecule has 0 saturated carbocycles. The number of piperidine rings is 1. The molecule has 5 nitrogen and oxygen atoms in total. The molecule has 1 aromatic rings. The minimum Gasteiger partial charge on any atom is -0.353 e. The molecule has 0 unspecified atom stereocenters.